The summed E-state index contributed by atoms with van der Waals surface area (Å²) >= 11 is 0. The Labute approximate surface area is 134 Å². The Morgan fingerprint density at radius 1 is 1.27 bits per heavy atom. The van der Waals surface area contributed by atoms with Crippen LogP contribution in [0.2, 0.25) is 0 Å². The Hall–Kier alpha value is -0.990. The third-order valence-corrected chi connectivity index (χ3v) is 7.15. The van der Waals surface area contributed by atoms with Crippen molar-refractivity contribution in [3.05, 3.63) is 11.8 Å². The van der Waals surface area contributed by atoms with Gasteiger partial charge >= 0.3 is 5.97 Å². The molecule has 1 heterocycles. The van der Waals surface area contributed by atoms with Crippen LogP contribution in [-0.2, 0) is 14.3 Å². The van der Waals surface area contributed by atoms with Crippen LogP contribution in [0.15, 0.2) is 11.8 Å². The molecule has 0 amide bonds. The van der Waals surface area contributed by atoms with E-state index in [0.717, 1.165) is 36.9 Å². The summed E-state index contributed by atoms with van der Waals surface area (Å²) in [4.78, 5) is 11.8. The van der Waals surface area contributed by atoms with Crippen LogP contribution in [0.1, 0.15) is 59.8 Å². The minimum atomic E-state index is -0.278. The van der Waals surface area contributed by atoms with Crippen LogP contribution in [0, 0.1) is 29.1 Å². The highest BCUT2D eigenvalue weighted by atomic mass is 16.5. The number of ether oxygens (including phenoxy) is 2. The molecule has 0 N–H and O–H groups in total. The van der Waals surface area contributed by atoms with Gasteiger partial charge in [0.15, 0.2) is 0 Å². The van der Waals surface area contributed by atoms with Crippen LogP contribution in [0.25, 0.3) is 0 Å². The second-order valence-corrected chi connectivity index (χ2v) is 7.39. The minimum Gasteiger partial charge on any atom is -0.490 e. The Bertz CT molecular complexity index is 497. The highest BCUT2D eigenvalue weighted by Crippen LogP contribution is 2.78. The standard InChI is InChI=1S/C19H30O3/c1-6-12-11-18(8-3)17-16(12)13(7-2)19(17,9-4)14(22-18)10-15(20)21-5/h10,12-13,16-17H,6-9,11H2,1-5H3. The van der Waals surface area contributed by atoms with Crippen molar-refractivity contribution in [2.45, 2.75) is 65.4 Å². The summed E-state index contributed by atoms with van der Waals surface area (Å²) in [5, 5.41) is 0. The number of hydrogen-bond donors (Lipinski definition) is 0. The van der Waals surface area contributed by atoms with Crippen LogP contribution in [0.3, 0.4) is 0 Å². The summed E-state index contributed by atoms with van der Waals surface area (Å²) < 4.78 is 11.4. The fourth-order valence-electron chi connectivity index (χ4n) is 6.39. The quantitative estimate of drug-likeness (QED) is 0.560. The van der Waals surface area contributed by atoms with Crippen molar-refractivity contribution in [2.24, 2.45) is 29.1 Å². The van der Waals surface area contributed by atoms with E-state index in [1.54, 1.807) is 6.08 Å². The van der Waals surface area contributed by atoms with E-state index in [0.29, 0.717) is 11.8 Å². The molecule has 0 bridgehead atoms. The normalized spacial score (nSPS) is 47.0. The Kier molecular flexibility index (Phi) is 3.81. The molecule has 3 heteroatoms. The van der Waals surface area contributed by atoms with Crippen LogP contribution in [0.5, 0.6) is 0 Å². The third-order valence-electron chi connectivity index (χ3n) is 7.15. The molecule has 0 aromatic heterocycles. The van der Waals surface area contributed by atoms with E-state index in [1.165, 1.54) is 20.0 Å². The van der Waals surface area contributed by atoms with Crippen molar-refractivity contribution in [3.63, 3.8) is 0 Å². The molecule has 3 aliphatic rings. The van der Waals surface area contributed by atoms with Crippen LogP contribution >= 0.6 is 0 Å². The number of carbonyl (C=O) groups excluding carboxylic acids is 1. The molecule has 0 aromatic carbocycles. The first kappa shape index (κ1) is 15.9. The summed E-state index contributed by atoms with van der Waals surface area (Å²) in [6, 6.07) is 0. The van der Waals surface area contributed by atoms with E-state index in [2.05, 4.69) is 27.7 Å². The predicted octanol–water partition coefficient (Wildman–Crippen LogP) is 4.32. The lowest BCUT2D eigenvalue weighted by Gasteiger charge is -2.58. The zero-order valence-electron chi connectivity index (χ0n) is 14.6. The Morgan fingerprint density at radius 3 is 2.50 bits per heavy atom. The lowest BCUT2D eigenvalue weighted by Crippen LogP contribution is -2.57. The van der Waals surface area contributed by atoms with Crippen molar-refractivity contribution < 1.29 is 14.3 Å². The lowest BCUT2D eigenvalue weighted by atomic mass is 9.43. The monoisotopic (exact) mass is 306 g/mol. The second-order valence-electron chi connectivity index (χ2n) is 7.39. The molecule has 2 saturated carbocycles. The molecule has 6 atom stereocenters. The molecule has 22 heavy (non-hydrogen) atoms. The number of allylic oxidation sites excluding steroid dienone is 1. The summed E-state index contributed by atoms with van der Waals surface area (Å²) in [5.41, 5.74) is 0.0421. The van der Waals surface area contributed by atoms with Crippen molar-refractivity contribution in [1.82, 2.24) is 0 Å². The molecule has 3 rings (SSSR count). The number of hydrogen-bond acceptors (Lipinski definition) is 3. The van der Waals surface area contributed by atoms with Crippen molar-refractivity contribution in [3.8, 4) is 0 Å². The van der Waals surface area contributed by atoms with Crippen molar-refractivity contribution in [1.29, 1.82) is 0 Å². The minimum absolute atomic E-state index is 0.0348. The summed E-state index contributed by atoms with van der Waals surface area (Å²) in [5.74, 6) is 3.46. The molecule has 124 valence electrons. The van der Waals surface area contributed by atoms with Gasteiger partial charge in [-0.05, 0) is 37.0 Å². The van der Waals surface area contributed by atoms with Gasteiger partial charge in [0.2, 0.25) is 0 Å². The Morgan fingerprint density at radius 2 is 2.00 bits per heavy atom. The number of carbonyl (C=O) groups is 1. The summed E-state index contributed by atoms with van der Waals surface area (Å²) in [6.45, 7) is 9.12. The van der Waals surface area contributed by atoms with Crippen molar-refractivity contribution >= 4 is 5.97 Å². The van der Waals surface area contributed by atoms with Gasteiger partial charge in [0.05, 0.1) is 13.2 Å². The van der Waals surface area contributed by atoms with Gasteiger partial charge in [0.25, 0.3) is 0 Å². The molecule has 0 aromatic rings. The molecule has 2 aliphatic carbocycles. The first-order valence-electron chi connectivity index (χ1n) is 9.03. The molecular weight excluding hydrogens is 276 g/mol. The van der Waals surface area contributed by atoms with Crippen molar-refractivity contribution in [2.75, 3.05) is 7.11 Å². The smallest absolute Gasteiger partial charge is 0.333 e. The average Bonchev–Trinajstić information content (AvgIpc) is 2.90. The average molecular weight is 306 g/mol. The van der Waals surface area contributed by atoms with E-state index in [9.17, 15) is 4.79 Å². The fourth-order valence-corrected chi connectivity index (χ4v) is 6.39. The molecule has 0 radical (unpaired) electrons. The highest BCUT2D eigenvalue weighted by Gasteiger charge is 2.78. The number of methoxy groups -OCH3 is 1. The fraction of sp³-hybridized carbons (Fsp3) is 0.842. The van der Waals surface area contributed by atoms with Gasteiger partial charge in [-0.2, -0.15) is 0 Å². The van der Waals surface area contributed by atoms with Crippen LogP contribution in [0.4, 0.5) is 0 Å². The molecule has 1 aliphatic heterocycles. The van der Waals surface area contributed by atoms with Crippen LogP contribution in [-0.4, -0.2) is 18.7 Å². The molecule has 1 saturated heterocycles. The van der Waals surface area contributed by atoms with Gasteiger partial charge in [0.1, 0.15) is 11.4 Å². The summed E-state index contributed by atoms with van der Waals surface area (Å²) in [7, 11) is 1.44. The molecule has 3 fully saturated rings. The zero-order chi connectivity index (χ0) is 16.1. The van der Waals surface area contributed by atoms with Gasteiger partial charge in [-0.15, -0.1) is 0 Å². The maximum absolute atomic E-state index is 11.8. The molecular formula is C19H30O3. The summed E-state index contributed by atoms with van der Waals surface area (Å²) in [6.07, 6.45) is 7.33. The highest BCUT2D eigenvalue weighted by molar-refractivity contribution is 5.82. The van der Waals surface area contributed by atoms with Crippen LogP contribution < -0.4 is 0 Å². The molecule has 0 spiro atoms. The van der Waals surface area contributed by atoms with E-state index in [1.807, 2.05) is 0 Å². The Balaban J connectivity index is 2.07. The van der Waals surface area contributed by atoms with E-state index >= 15 is 0 Å². The van der Waals surface area contributed by atoms with E-state index < -0.39 is 0 Å². The van der Waals surface area contributed by atoms with Gasteiger partial charge in [-0.3, -0.25) is 0 Å². The zero-order valence-corrected chi connectivity index (χ0v) is 14.6. The number of rotatable bonds is 5. The largest absolute Gasteiger partial charge is 0.490 e. The first-order valence-corrected chi connectivity index (χ1v) is 9.03. The van der Waals surface area contributed by atoms with Gasteiger partial charge in [-0.25, -0.2) is 4.79 Å². The predicted molar refractivity (Wildman–Crippen MR) is 86.1 cm³/mol. The van der Waals surface area contributed by atoms with Gasteiger partial charge in [-0.1, -0.05) is 40.5 Å². The maximum atomic E-state index is 11.8. The van der Waals surface area contributed by atoms with Gasteiger partial charge in [0, 0.05) is 11.3 Å². The second kappa shape index (κ2) is 5.28. The van der Waals surface area contributed by atoms with E-state index in [-0.39, 0.29) is 17.0 Å². The lowest BCUT2D eigenvalue weighted by molar-refractivity contribution is -0.135. The van der Waals surface area contributed by atoms with E-state index in [4.69, 9.17) is 9.47 Å². The topological polar surface area (TPSA) is 35.5 Å². The first-order chi connectivity index (χ1) is 10.5. The molecule has 6 unspecified atom stereocenters. The maximum Gasteiger partial charge on any atom is 0.333 e. The molecule has 3 nitrogen and oxygen atoms in total. The van der Waals surface area contributed by atoms with Gasteiger partial charge < -0.3 is 9.47 Å². The number of esters is 1. The SMILES string of the molecule is CCC1CC2(CC)OC(=CC(=O)OC)C3(CC)C(CC)C1C23. The third kappa shape index (κ3) is 1.66.